The van der Waals surface area contributed by atoms with Gasteiger partial charge in [0.05, 0.1) is 25.8 Å². The van der Waals surface area contributed by atoms with Crippen molar-refractivity contribution in [2.24, 2.45) is 0 Å². The van der Waals surface area contributed by atoms with Gasteiger partial charge in [-0.25, -0.2) is 8.42 Å². The van der Waals surface area contributed by atoms with E-state index in [-0.39, 0.29) is 43.0 Å². The largest absolute Gasteiger partial charge is 0.493 e. The van der Waals surface area contributed by atoms with Gasteiger partial charge in [-0.1, -0.05) is 35.9 Å². The van der Waals surface area contributed by atoms with Crippen molar-refractivity contribution in [1.82, 2.24) is 14.5 Å². The highest BCUT2D eigenvalue weighted by atomic mass is 35.5. The van der Waals surface area contributed by atoms with E-state index in [0.29, 0.717) is 42.3 Å². The second-order valence-electron chi connectivity index (χ2n) is 10.6. The molecule has 12 heteroatoms. The van der Waals surface area contributed by atoms with Gasteiger partial charge in [0.15, 0.2) is 11.5 Å². The highest BCUT2D eigenvalue weighted by Crippen LogP contribution is 2.40. The zero-order chi connectivity index (χ0) is 30.6. The highest BCUT2D eigenvalue weighted by molar-refractivity contribution is 7.89. The molecule has 0 bridgehead atoms. The number of hydrogen-bond acceptors (Lipinski definition) is 7. The van der Waals surface area contributed by atoms with E-state index in [1.54, 1.807) is 31.3 Å². The number of nitrogens with zero attached hydrogens (tertiary/aromatic N) is 3. The normalized spacial score (nSPS) is 16.9. The predicted molar refractivity (Wildman–Crippen MR) is 164 cm³/mol. The van der Waals surface area contributed by atoms with Crippen molar-refractivity contribution in [3.8, 4) is 11.5 Å². The van der Waals surface area contributed by atoms with Crippen LogP contribution >= 0.6 is 11.6 Å². The van der Waals surface area contributed by atoms with Gasteiger partial charge >= 0.3 is 0 Å². The van der Waals surface area contributed by atoms with Gasteiger partial charge in [-0.3, -0.25) is 9.59 Å². The van der Waals surface area contributed by atoms with E-state index in [0.717, 1.165) is 11.3 Å². The number of rotatable bonds is 10. The van der Waals surface area contributed by atoms with Gasteiger partial charge in [0.25, 0.3) is 0 Å². The fraction of sp³-hybridized carbons (Fsp3) is 0.355. The summed E-state index contributed by atoms with van der Waals surface area (Å²) < 4.78 is 38.7. The van der Waals surface area contributed by atoms with Crippen molar-refractivity contribution >= 4 is 39.1 Å². The van der Waals surface area contributed by atoms with Crippen LogP contribution in [0.4, 0.5) is 5.69 Å². The first kappa shape index (κ1) is 30.7. The second-order valence-corrected chi connectivity index (χ2v) is 13.0. The maximum absolute atomic E-state index is 14.0. The van der Waals surface area contributed by atoms with E-state index in [2.05, 4.69) is 5.32 Å². The van der Waals surface area contributed by atoms with Gasteiger partial charge < -0.3 is 24.6 Å². The van der Waals surface area contributed by atoms with Crippen molar-refractivity contribution in [2.45, 2.75) is 29.7 Å². The van der Waals surface area contributed by atoms with Gasteiger partial charge in [0, 0.05) is 30.3 Å². The molecule has 5 rings (SSSR count). The maximum atomic E-state index is 14.0. The number of carbonyl (C=O) groups is 2. The minimum atomic E-state index is -3.75. The number of halogens is 1. The smallest absolute Gasteiger partial charge is 0.250 e. The Morgan fingerprint density at radius 1 is 0.953 bits per heavy atom. The van der Waals surface area contributed by atoms with E-state index < -0.39 is 15.6 Å². The number of sulfonamides is 1. The van der Waals surface area contributed by atoms with Crippen molar-refractivity contribution in [2.75, 3.05) is 52.0 Å². The molecule has 3 aromatic carbocycles. The van der Waals surface area contributed by atoms with Crippen LogP contribution in [0.5, 0.6) is 11.5 Å². The highest BCUT2D eigenvalue weighted by Gasteiger charge is 2.55. The summed E-state index contributed by atoms with van der Waals surface area (Å²) in [6.07, 6.45) is 1.17. The van der Waals surface area contributed by atoms with Crippen LogP contribution in [0.25, 0.3) is 0 Å². The Hall–Kier alpha value is -3.80. The molecule has 1 spiro atoms. The maximum Gasteiger partial charge on any atom is 0.250 e. The zero-order valence-corrected chi connectivity index (χ0v) is 25.7. The Morgan fingerprint density at radius 3 is 2.28 bits per heavy atom. The van der Waals surface area contributed by atoms with Crippen LogP contribution in [0, 0.1) is 0 Å². The number of para-hydroxylation sites is 1. The molecule has 2 aliphatic heterocycles. The molecule has 2 aliphatic rings. The molecule has 10 nitrogen and oxygen atoms in total. The first-order chi connectivity index (χ1) is 20.7. The number of ether oxygens (including phenoxy) is 2. The topological polar surface area (TPSA) is 108 Å². The van der Waals surface area contributed by atoms with Gasteiger partial charge in [-0.2, -0.15) is 4.31 Å². The number of benzene rings is 3. The molecule has 43 heavy (non-hydrogen) atoms. The van der Waals surface area contributed by atoms with Gasteiger partial charge in [0.1, 0.15) is 12.1 Å². The van der Waals surface area contributed by atoms with E-state index in [9.17, 15) is 18.0 Å². The first-order valence-electron chi connectivity index (χ1n) is 14.0. The van der Waals surface area contributed by atoms with Crippen molar-refractivity contribution < 1.29 is 27.5 Å². The predicted octanol–water partition coefficient (Wildman–Crippen LogP) is 3.55. The fourth-order valence-corrected chi connectivity index (χ4v) is 7.35. The Morgan fingerprint density at radius 2 is 1.63 bits per heavy atom. The Labute approximate surface area is 257 Å². The van der Waals surface area contributed by atoms with Crippen LogP contribution in [0.3, 0.4) is 0 Å². The van der Waals surface area contributed by atoms with Gasteiger partial charge in [-0.05, 0) is 73.4 Å². The lowest BCUT2D eigenvalue weighted by atomic mass is 9.86. The molecule has 2 fully saturated rings. The van der Waals surface area contributed by atoms with Crippen LogP contribution in [0.2, 0.25) is 5.02 Å². The summed E-state index contributed by atoms with van der Waals surface area (Å²) in [5.74, 6) is 0.817. The number of carbonyl (C=O) groups excluding carboxylic acids is 2. The second kappa shape index (κ2) is 12.8. The quantitative estimate of drug-likeness (QED) is 0.367. The fourth-order valence-electron chi connectivity index (χ4n) is 5.79. The third kappa shape index (κ3) is 6.29. The number of nitrogens with one attached hydrogen (secondary N) is 1. The van der Waals surface area contributed by atoms with Crippen molar-refractivity contribution in [3.63, 3.8) is 0 Å². The van der Waals surface area contributed by atoms with E-state index in [1.807, 2.05) is 53.4 Å². The number of methoxy groups -OCH3 is 2. The molecular weight excluding hydrogens is 592 g/mol. The summed E-state index contributed by atoms with van der Waals surface area (Å²) >= 11 is 5.95. The van der Waals surface area contributed by atoms with Crippen LogP contribution in [-0.4, -0.2) is 82.0 Å². The van der Waals surface area contributed by atoms with E-state index in [1.165, 1.54) is 16.4 Å². The molecular formula is C31H35ClN4O6S. The summed E-state index contributed by atoms with van der Waals surface area (Å²) in [5.41, 5.74) is 0.874. The lowest BCUT2D eigenvalue weighted by Gasteiger charge is -2.42. The summed E-state index contributed by atoms with van der Waals surface area (Å²) in [6, 6.07) is 21.2. The first-order valence-corrected chi connectivity index (χ1v) is 15.8. The van der Waals surface area contributed by atoms with Gasteiger partial charge in [-0.15, -0.1) is 0 Å². The molecule has 0 aromatic heterocycles. The zero-order valence-electron chi connectivity index (χ0n) is 24.2. The van der Waals surface area contributed by atoms with Crippen LogP contribution in [0.15, 0.2) is 77.7 Å². The lowest BCUT2D eigenvalue weighted by molar-refractivity contribution is -0.137. The Kier molecular flexibility index (Phi) is 9.14. The standard InChI is InChI=1S/C31H35ClN4O6S/c1-41-27-13-8-23(20-28(27)42-2)14-17-33-29(37)21-34-22-36(25-6-4-3-5-7-25)31(30(34)38)15-18-35(19-16-31)43(39,40)26-11-9-24(32)10-12-26/h3-13,20H,14-19,21-22H2,1-2H3,(H,33,37). The lowest BCUT2D eigenvalue weighted by Crippen LogP contribution is -2.57. The average molecular weight is 627 g/mol. The summed E-state index contributed by atoms with van der Waals surface area (Å²) in [4.78, 5) is 30.7. The number of anilines is 1. The number of piperidine rings is 1. The molecule has 2 saturated heterocycles. The average Bonchev–Trinajstić information content (AvgIpc) is 3.27. The van der Waals surface area contributed by atoms with Gasteiger partial charge in [0.2, 0.25) is 21.8 Å². The third-order valence-electron chi connectivity index (χ3n) is 8.10. The molecule has 0 atom stereocenters. The molecule has 0 unspecified atom stereocenters. The van der Waals surface area contributed by atoms with Crippen molar-refractivity contribution in [3.05, 3.63) is 83.4 Å². The Bertz CT molecular complexity index is 1560. The van der Waals surface area contributed by atoms with E-state index in [4.69, 9.17) is 21.1 Å². The van der Waals surface area contributed by atoms with Crippen LogP contribution in [-0.2, 0) is 26.0 Å². The van der Waals surface area contributed by atoms with Crippen LogP contribution in [0.1, 0.15) is 18.4 Å². The summed E-state index contributed by atoms with van der Waals surface area (Å²) in [6.45, 7) is 0.872. The monoisotopic (exact) mass is 626 g/mol. The summed E-state index contributed by atoms with van der Waals surface area (Å²) in [5, 5.41) is 3.37. The van der Waals surface area contributed by atoms with Crippen LogP contribution < -0.4 is 19.7 Å². The van der Waals surface area contributed by atoms with Crippen molar-refractivity contribution in [1.29, 1.82) is 0 Å². The molecule has 0 saturated carbocycles. The molecule has 0 aliphatic carbocycles. The number of amides is 2. The van der Waals surface area contributed by atoms with E-state index >= 15 is 0 Å². The summed E-state index contributed by atoms with van der Waals surface area (Å²) in [7, 11) is -0.596. The Balaban J connectivity index is 1.26. The molecule has 1 N–H and O–H groups in total. The molecule has 228 valence electrons. The molecule has 3 aromatic rings. The molecule has 0 radical (unpaired) electrons. The number of hydrogen-bond donors (Lipinski definition) is 1. The molecule has 2 heterocycles. The SMILES string of the molecule is COc1ccc(CCNC(=O)CN2CN(c3ccccc3)C3(CCN(S(=O)(=O)c4ccc(Cl)cc4)CC3)C2=O)cc1OC. The minimum absolute atomic E-state index is 0.0946. The molecule has 2 amide bonds. The third-order valence-corrected chi connectivity index (χ3v) is 10.3. The minimum Gasteiger partial charge on any atom is -0.493 e.